The summed E-state index contributed by atoms with van der Waals surface area (Å²) in [5.41, 5.74) is 0. The van der Waals surface area contributed by atoms with Crippen molar-refractivity contribution in [1.29, 1.82) is 0 Å². The number of ether oxygens (including phenoxy) is 2. The topological polar surface area (TPSA) is 38.7 Å². The van der Waals surface area contributed by atoms with Gasteiger partial charge >= 0.3 is 0 Å². The van der Waals surface area contributed by atoms with Gasteiger partial charge in [-0.15, -0.1) is 0 Å². The average molecular weight is 176 g/mol. The Morgan fingerprint density at radius 3 is 2.17 bits per heavy atom. The zero-order chi connectivity index (χ0) is 9.40. The molecule has 3 nitrogen and oxygen atoms in total. The highest BCUT2D eigenvalue weighted by Gasteiger charge is 2.03. The molecule has 0 aliphatic rings. The summed E-state index contributed by atoms with van der Waals surface area (Å²) in [6.45, 7) is 8.14. The van der Waals surface area contributed by atoms with Crippen LogP contribution in [0.1, 0.15) is 20.8 Å². The highest BCUT2D eigenvalue weighted by molar-refractivity contribution is 4.51. The van der Waals surface area contributed by atoms with Gasteiger partial charge in [-0.1, -0.05) is 13.8 Å². The molecule has 0 amide bonds. The molecule has 0 unspecified atom stereocenters. The Balaban J connectivity index is 3.13. The molecular formula is C9H20O3. The van der Waals surface area contributed by atoms with E-state index in [0.717, 1.165) is 0 Å². The van der Waals surface area contributed by atoms with Crippen molar-refractivity contribution in [2.75, 3.05) is 26.4 Å². The van der Waals surface area contributed by atoms with Gasteiger partial charge in [-0.2, -0.15) is 0 Å². The molecule has 0 radical (unpaired) electrons. The lowest BCUT2D eigenvalue weighted by molar-refractivity contribution is -0.0214. The summed E-state index contributed by atoms with van der Waals surface area (Å²) < 4.78 is 10.2. The SMILES string of the molecule is CCOC[C@@H](O)COCC(C)C. The van der Waals surface area contributed by atoms with E-state index in [1.807, 2.05) is 6.92 Å². The van der Waals surface area contributed by atoms with Crippen LogP contribution in [-0.2, 0) is 9.47 Å². The van der Waals surface area contributed by atoms with E-state index in [-0.39, 0.29) is 0 Å². The maximum Gasteiger partial charge on any atom is 0.101 e. The van der Waals surface area contributed by atoms with Crippen molar-refractivity contribution in [2.45, 2.75) is 26.9 Å². The fourth-order valence-corrected chi connectivity index (χ4v) is 0.742. The van der Waals surface area contributed by atoms with E-state index >= 15 is 0 Å². The highest BCUT2D eigenvalue weighted by atomic mass is 16.5. The molecule has 0 spiro atoms. The van der Waals surface area contributed by atoms with E-state index < -0.39 is 6.10 Å². The first kappa shape index (κ1) is 11.9. The lowest BCUT2D eigenvalue weighted by atomic mass is 10.2. The van der Waals surface area contributed by atoms with Crippen LogP contribution in [0.5, 0.6) is 0 Å². The number of hydrogen-bond acceptors (Lipinski definition) is 3. The molecule has 74 valence electrons. The second-order valence-electron chi connectivity index (χ2n) is 3.24. The number of aliphatic hydroxyl groups is 1. The van der Waals surface area contributed by atoms with E-state index in [1.54, 1.807) is 0 Å². The van der Waals surface area contributed by atoms with Gasteiger partial charge in [0.15, 0.2) is 0 Å². The van der Waals surface area contributed by atoms with Crippen molar-refractivity contribution in [3.8, 4) is 0 Å². The van der Waals surface area contributed by atoms with Gasteiger partial charge in [-0.05, 0) is 12.8 Å². The second kappa shape index (κ2) is 7.53. The molecule has 0 aromatic heterocycles. The van der Waals surface area contributed by atoms with Crippen molar-refractivity contribution in [1.82, 2.24) is 0 Å². The molecule has 1 atom stereocenters. The molecule has 0 aromatic rings. The Labute approximate surface area is 74.7 Å². The van der Waals surface area contributed by atoms with Gasteiger partial charge < -0.3 is 14.6 Å². The molecule has 0 heterocycles. The maximum atomic E-state index is 9.24. The van der Waals surface area contributed by atoms with Crippen LogP contribution < -0.4 is 0 Å². The molecule has 0 saturated heterocycles. The van der Waals surface area contributed by atoms with Gasteiger partial charge in [0, 0.05) is 13.2 Å². The lowest BCUT2D eigenvalue weighted by Crippen LogP contribution is -2.22. The van der Waals surface area contributed by atoms with Crippen molar-refractivity contribution in [3.05, 3.63) is 0 Å². The first-order chi connectivity index (χ1) is 5.66. The molecule has 1 N–H and O–H groups in total. The summed E-state index contributed by atoms with van der Waals surface area (Å²) in [7, 11) is 0. The van der Waals surface area contributed by atoms with E-state index in [9.17, 15) is 5.11 Å². The second-order valence-corrected chi connectivity index (χ2v) is 3.24. The van der Waals surface area contributed by atoms with Crippen LogP contribution in [0.3, 0.4) is 0 Å². The van der Waals surface area contributed by atoms with Crippen LogP contribution in [0.2, 0.25) is 0 Å². The molecule has 0 saturated carbocycles. The van der Waals surface area contributed by atoms with Crippen LogP contribution >= 0.6 is 0 Å². The van der Waals surface area contributed by atoms with E-state index in [4.69, 9.17) is 9.47 Å². The Morgan fingerprint density at radius 2 is 1.67 bits per heavy atom. The third-order valence-corrected chi connectivity index (χ3v) is 1.28. The summed E-state index contributed by atoms with van der Waals surface area (Å²) in [5, 5.41) is 9.24. The third-order valence-electron chi connectivity index (χ3n) is 1.28. The number of hydrogen-bond donors (Lipinski definition) is 1. The van der Waals surface area contributed by atoms with Crippen molar-refractivity contribution < 1.29 is 14.6 Å². The van der Waals surface area contributed by atoms with Crippen LogP contribution in [0, 0.1) is 5.92 Å². The van der Waals surface area contributed by atoms with Crippen LogP contribution in [-0.4, -0.2) is 37.6 Å². The number of aliphatic hydroxyl groups excluding tert-OH is 1. The summed E-state index contributed by atoms with van der Waals surface area (Å²) in [6.07, 6.45) is -0.483. The monoisotopic (exact) mass is 176 g/mol. The van der Waals surface area contributed by atoms with E-state index in [2.05, 4.69) is 13.8 Å². The highest BCUT2D eigenvalue weighted by Crippen LogP contribution is 1.94. The average Bonchev–Trinajstić information content (AvgIpc) is 2.00. The van der Waals surface area contributed by atoms with Gasteiger partial charge in [0.05, 0.1) is 13.2 Å². The predicted octanol–water partition coefficient (Wildman–Crippen LogP) is 1.06. The minimum absolute atomic E-state index is 0.370. The molecule has 0 aliphatic carbocycles. The van der Waals surface area contributed by atoms with Crippen molar-refractivity contribution in [3.63, 3.8) is 0 Å². The minimum Gasteiger partial charge on any atom is -0.388 e. The molecule has 0 rings (SSSR count). The van der Waals surface area contributed by atoms with E-state index in [0.29, 0.717) is 32.3 Å². The lowest BCUT2D eigenvalue weighted by Gasteiger charge is -2.12. The summed E-state index contributed by atoms with van der Waals surface area (Å²) in [6, 6.07) is 0. The van der Waals surface area contributed by atoms with Gasteiger partial charge in [0.25, 0.3) is 0 Å². The molecule has 0 fully saturated rings. The summed E-state index contributed by atoms with van der Waals surface area (Å²) in [5.74, 6) is 0.518. The Kier molecular flexibility index (Phi) is 7.45. The van der Waals surface area contributed by atoms with Crippen LogP contribution in [0.25, 0.3) is 0 Å². The van der Waals surface area contributed by atoms with Crippen molar-refractivity contribution in [2.24, 2.45) is 5.92 Å². The molecule has 0 bridgehead atoms. The normalized spacial score (nSPS) is 13.8. The molecule has 0 aliphatic heterocycles. The van der Waals surface area contributed by atoms with Gasteiger partial charge in [0.2, 0.25) is 0 Å². The van der Waals surface area contributed by atoms with Crippen LogP contribution in [0.4, 0.5) is 0 Å². The largest absolute Gasteiger partial charge is 0.388 e. The summed E-state index contributed by atoms with van der Waals surface area (Å²) in [4.78, 5) is 0. The Bertz CT molecular complexity index is 93.8. The third kappa shape index (κ3) is 7.98. The first-order valence-corrected chi connectivity index (χ1v) is 4.50. The minimum atomic E-state index is -0.483. The Morgan fingerprint density at radius 1 is 1.08 bits per heavy atom. The fourth-order valence-electron chi connectivity index (χ4n) is 0.742. The maximum absolute atomic E-state index is 9.24. The zero-order valence-electron chi connectivity index (χ0n) is 8.25. The smallest absolute Gasteiger partial charge is 0.101 e. The van der Waals surface area contributed by atoms with Crippen LogP contribution in [0.15, 0.2) is 0 Å². The van der Waals surface area contributed by atoms with E-state index in [1.165, 1.54) is 0 Å². The van der Waals surface area contributed by atoms with Gasteiger partial charge in [-0.3, -0.25) is 0 Å². The van der Waals surface area contributed by atoms with Crippen molar-refractivity contribution >= 4 is 0 Å². The van der Waals surface area contributed by atoms with Gasteiger partial charge in [-0.25, -0.2) is 0 Å². The Hall–Kier alpha value is -0.120. The fraction of sp³-hybridized carbons (Fsp3) is 1.00. The number of rotatable bonds is 7. The molecular weight excluding hydrogens is 156 g/mol. The quantitative estimate of drug-likeness (QED) is 0.630. The standard InChI is InChI=1S/C9H20O3/c1-4-11-6-9(10)7-12-5-8(2)3/h8-10H,4-7H2,1-3H3/t9-/m1/s1. The first-order valence-electron chi connectivity index (χ1n) is 4.50. The van der Waals surface area contributed by atoms with Gasteiger partial charge in [0.1, 0.15) is 6.10 Å². The molecule has 3 heteroatoms. The molecule has 12 heavy (non-hydrogen) atoms. The molecule has 0 aromatic carbocycles. The predicted molar refractivity (Wildman–Crippen MR) is 48.2 cm³/mol. The summed E-state index contributed by atoms with van der Waals surface area (Å²) >= 11 is 0. The zero-order valence-corrected chi connectivity index (χ0v) is 8.25.